The van der Waals surface area contributed by atoms with Gasteiger partial charge in [-0.05, 0) is 31.0 Å². The number of hydrogen-bond donors (Lipinski definition) is 1. The maximum absolute atomic E-state index is 6.07. The highest BCUT2D eigenvalue weighted by atomic mass is 35.5. The number of halogens is 1. The lowest BCUT2D eigenvalue weighted by Gasteiger charge is -2.10. The van der Waals surface area contributed by atoms with Gasteiger partial charge in [0, 0.05) is 22.5 Å². The summed E-state index contributed by atoms with van der Waals surface area (Å²) in [4.78, 5) is 0. The normalized spacial score (nSPS) is 24.9. The predicted molar refractivity (Wildman–Crippen MR) is 58.1 cm³/mol. The molecule has 2 nitrogen and oxygen atoms in total. The molecular weight excluding hydrogens is 198 g/mol. The molecule has 14 heavy (non-hydrogen) atoms. The molecule has 1 aliphatic carbocycles. The SMILES string of the molecule is COc1cc(C)c(Cl)cc1C1CC1N. The van der Waals surface area contributed by atoms with Crippen LogP contribution in [0, 0.1) is 6.92 Å². The first-order valence-corrected chi connectivity index (χ1v) is 5.11. The molecule has 1 aromatic carbocycles. The van der Waals surface area contributed by atoms with E-state index in [4.69, 9.17) is 22.1 Å². The van der Waals surface area contributed by atoms with Gasteiger partial charge in [0.1, 0.15) is 5.75 Å². The van der Waals surface area contributed by atoms with Gasteiger partial charge in [0.15, 0.2) is 0 Å². The molecule has 0 aliphatic heterocycles. The Bertz CT molecular complexity index is 365. The van der Waals surface area contributed by atoms with Crippen LogP contribution in [0.5, 0.6) is 5.75 Å². The molecule has 2 unspecified atom stereocenters. The highest BCUT2D eigenvalue weighted by molar-refractivity contribution is 6.31. The maximum atomic E-state index is 6.07. The van der Waals surface area contributed by atoms with Gasteiger partial charge >= 0.3 is 0 Å². The lowest BCUT2D eigenvalue weighted by atomic mass is 10.1. The van der Waals surface area contributed by atoms with E-state index in [0.29, 0.717) is 5.92 Å². The molecule has 0 aromatic heterocycles. The van der Waals surface area contributed by atoms with Crippen molar-refractivity contribution in [1.82, 2.24) is 0 Å². The Kier molecular flexibility index (Phi) is 2.41. The summed E-state index contributed by atoms with van der Waals surface area (Å²) in [6.45, 7) is 1.97. The standard InChI is InChI=1S/C11H14ClNO/c1-6-3-11(14-2)8(4-9(6)12)7-5-10(7)13/h3-4,7,10H,5,13H2,1-2H3. The van der Waals surface area contributed by atoms with Gasteiger partial charge in [-0.3, -0.25) is 0 Å². The van der Waals surface area contributed by atoms with Crippen molar-refractivity contribution in [2.24, 2.45) is 5.73 Å². The summed E-state index contributed by atoms with van der Waals surface area (Å²) in [7, 11) is 1.68. The largest absolute Gasteiger partial charge is 0.496 e. The Morgan fingerprint density at radius 3 is 2.64 bits per heavy atom. The summed E-state index contributed by atoms with van der Waals surface area (Å²) in [6.07, 6.45) is 1.04. The second kappa shape index (κ2) is 3.44. The number of rotatable bonds is 2. The first-order chi connectivity index (χ1) is 6.63. The molecular formula is C11H14ClNO. The van der Waals surface area contributed by atoms with Crippen molar-refractivity contribution in [3.05, 3.63) is 28.3 Å². The summed E-state index contributed by atoms with van der Waals surface area (Å²) < 4.78 is 5.32. The third-order valence-corrected chi connectivity index (χ3v) is 3.16. The molecule has 3 heteroatoms. The monoisotopic (exact) mass is 211 g/mol. The van der Waals surface area contributed by atoms with E-state index in [1.807, 2.05) is 19.1 Å². The van der Waals surface area contributed by atoms with E-state index >= 15 is 0 Å². The van der Waals surface area contributed by atoms with Crippen LogP contribution in [0.2, 0.25) is 5.02 Å². The fourth-order valence-electron chi connectivity index (χ4n) is 1.71. The first kappa shape index (κ1) is 9.81. The molecule has 0 spiro atoms. The van der Waals surface area contributed by atoms with Crippen LogP contribution in [0.4, 0.5) is 0 Å². The molecule has 1 aromatic rings. The maximum Gasteiger partial charge on any atom is 0.122 e. The zero-order valence-electron chi connectivity index (χ0n) is 8.38. The zero-order valence-corrected chi connectivity index (χ0v) is 9.14. The van der Waals surface area contributed by atoms with Crippen LogP contribution in [0.1, 0.15) is 23.5 Å². The van der Waals surface area contributed by atoms with Gasteiger partial charge in [0.05, 0.1) is 7.11 Å². The summed E-state index contributed by atoms with van der Waals surface area (Å²) in [5.74, 6) is 1.34. The van der Waals surface area contributed by atoms with Crippen LogP contribution in [-0.2, 0) is 0 Å². The van der Waals surface area contributed by atoms with Crippen LogP contribution in [0.15, 0.2) is 12.1 Å². The van der Waals surface area contributed by atoms with Crippen molar-refractivity contribution >= 4 is 11.6 Å². The molecule has 2 rings (SSSR count). The highest BCUT2D eigenvalue weighted by Gasteiger charge is 2.37. The molecule has 76 valence electrons. The molecule has 0 amide bonds. The van der Waals surface area contributed by atoms with E-state index < -0.39 is 0 Å². The van der Waals surface area contributed by atoms with E-state index in [1.165, 1.54) is 0 Å². The minimum absolute atomic E-state index is 0.280. The fourth-order valence-corrected chi connectivity index (χ4v) is 1.88. The highest BCUT2D eigenvalue weighted by Crippen LogP contribution is 2.44. The van der Waals surface area contributed by atoms with Gasteiger partial charge in [-0.2, -0.15) is 0 Å². The van der Waals surface area contributed by atoms with Crippen molar-refractivity contribution < 1.29 is 4.74 Å². The molecule has 1 saturated carbocycles. The molecule has 0 bridgehead atoms. The van der Waals surface area contributed by atoms with Gasteiger partial charge in [-0.15, -0.1) is 0 Å². The van der Waals surface area contributed by atoms with Gasteiger partial charge < -0.3 is 10.5 Å². The average molecular weight is 212 g/mol. The van der Waals surface area contributed by atoms with Crippen LogP contribution >= 0.6 is 11.6 Å². The zero-order chi connectivity index (χ0) is 10.3. The number of aryl methyl sites for hydroxylation is 1. The smallest absolute Gasteiger partial charge is 0.122 e. The molecule has 1 aliphatic rings. The molecule has 2 atom stereocenters. The minimum atomic E-state index is 0.280. The minimum Gasteiger partial charge on any atom is -0.496 e. The number of methoxy groups -OCH3 is 1. The second-order valence-electron chi connectivity index (χ2n) is 3.85. The van der Waals surface area contributed by atoms with Gasteiger partial charge in [-0.25, -0.2) is 0 Å². The van der Waals surface area contributed by atoms with Crippen LogP contribution in [0.25, 0.3) is 0 Å². The Balaban J connectivity index is 2.42. The third kappa shape index (κ3) is 1.60. The Morgan fingerprint density at radius 2 is 2.14 bits per heavy atom. The summed E-state index contributed by atoms with van der Waals surface area (Å²) >= 11 is 6.07. The topological polar surface area (TPSA) is 35.2 Å². The number of ether oxygens (including phenoxy) is 1. The van der Waals surface area contributed by atoms with Crippen molar-refractivity contribution in [3.63, 3.8) is 0 Å². The van der Waals surface area contributed by atoms with Crippen LogP contribution < -0.4 is 10.5 Å². The molecule has 2 N–H and O–H groups in total. The Morgan fingerprint density at radius 1 is 1.50 bits per heavy atom. The predicted octanol–water partition coefficient (Wildman–Crippen LogP) is 2.47. The van der Waals surface area contributed by atoms with Gasteiger partial charge in [0.25, 0.3) is 0 Å². The lowest BCUT2D eigenvalue weighted by molar-refractivity contribution is 0.409. The van der Waals surface area contributed by atoms with Crippen LogP contribution in [-0.4, -0.2) is 13.2 Å². The summed E-state index contributed by atoms with van der Waals surface area (Å²) in [6, 6.07) is 4.23. The Hall–Kier alpha value is -0.730. The fraction of sp³-hybridized carbons (Fsp3) is 0.455. The molecule has 0 radical (unpaired) electrons. The van der Waals surface area contributed by atoms with E-state index in [1.54, 1.807) is 7.11 Å². The number of hydrogen-bond acceptors (Lipinski definition) is 2. The number of benzene rings is 1. The van der Waals surface area contributed by atoms with Crippen molar-refractivity contribution in [2.75, 3.05) is 7.11 Å². The average Bonchev–Trinajstić information content (AvgIpc) is 2.87. The Labute approximate surface area is 89.0 Å². The van der Waals surface area contributed by atoms with Gasteiger partial charge in [-0.1, -0.05) is 11.6 Å². The number of nitrogens with two attached hydrogens (primary N) is 1. The quantitative estimate of drug-likeness (QED) is 0.816. The van der Waals surface area contributed by atoms with E-state index in [-0.39, 0.29) is 6.04 Å². The lowest BCUT2D eigenvalue weighted by Crippen LogP contribution is -2.02. The van der Waals surface area contributed by atoms with Crippen molar-refractivity contribution in [1.29, 1.82) is 0 Å². The third-order valence-electron chi connectivity index (χ3n) is 2.75. The molecule has 0 saturated heterocycles. The van der Waals surface area contributed by atoms with Crippen LogP contribution in [0.3, 0.4) is 0 Å². The van der Waals surface area contributed by atoms with E-state index in [0.717, 1.165) is 28.3 Å². The van der Waals surface area contributed by atoms with E-state index in [2.05, 4.69) is 0 Å². The first-order valence-electron chi connectivity index (χ1n) is 4.73. The van der Waals surface area contributed by atoms with Gasteiger partial charge in [0.2, 0.25) is 0 Å². The summed E-state index contributed by atoms with van der Waals surface area (Å²) in [5, 5.41) is 0.792. The summed E-state index contributed by atoms with van der Waals surface area (Å²) in [5.41, 5.74) is 8.00. The van der Waals surface area contributed by atoms with Crippen molar-refractivity contribution in [2.45, 2.75) is 25.3 Å². The van der Waals surface area contributed by atoms with E-state index in [9.17, 15) is 0 Å². The second-order valence-corrected chi connectivity index (χ2v) is 4.26. The van der Waals surface area contributed by atoms with Crippen molar-refractivity contribution in [3.8, 4) is 5.75 Å². The molecule has 0 heterocycles. The molecule has 1 fully saturated rings.